The molecule has 152 valence electrons. The normalized spacial score (nSPS) is 10.1. The first-order chi connectivity index (χ1) is 14.0. The van der Waals surface area contributed by atoms with Crippen molar-refractivity contribution in [3.63, 3.8) is 0 Å². The van der Waals surface area contributed by atoms with Crippen LogP contribution in [0.25, 0.3) is 11.3 Å². The van der Waals surface area contributed by atoms with Crippen LogP contribution in [0.5, 0.6) is 11.5 Å². The van der Waals surface area contributed by atoms with Crippen LogP contribution in [0.3, 0.4) is 0 Å². The highest BCUT2D eigenvalue weighted by atomic mass is 16.5. The lowest BCUT2D eigenvalue weighted by Gasteiger charge is -2.10. The number of nitrogens with one attached hydrogen (secondary N) is 1. The van der Waals surface area contributed by atoms with Crippen LogP contribution in [0.4, 0.5) is 29.1 Å². The van der Waals surface area contributed by atoms with Crippen LogP contribution in [-0.4, -0.2) is 19.9 Å². The van der Waals surface area contributed by atoms with E-state index in [1.165, 1.54) is 0 Å². The number of aromatic nitrogens is 4. The lowest BCUT2D eigenvalue weighted by Crippen LogP contribution is -2.02. The minimum atomic E-state index is 0. The highest BCUT2D eigenvalue weighted by molar-refractivity contribution is 5.67. The summed E-state index contributed by atoms with van der Waals surface area (Å²) >= 11 is 0. The summed E-state index contributed by atoms with van der Waals surface area (Å²) in [6.45, 7) is 0. The lowest BCUT2D eigenvalue weighted by atomic mass is 10.2. The molecule has 0 aliphatic heterocycles. The molecular weight excluding hydrogens is 380 g/mol. The smallest absolute Gasteiger partial charge is 0.222 e. The molecule has 4 rings (SSSR count). The number of rotatable bonds is 5. The number of pyridine rings is 2. The molecule has 0 saturated carbocycles. The van der Waals surface area contributed by atoms with E-state index >= 15 is 0 Å². The van der Waals surface area contributed by atoms with Gasteiger partial charge in [-0.25, -0.2) is 15.0 Å². The third-order valence-electron chi connectivity index (χ3n) is 3.94. The molecule has 7 N–H and O–H groups in total. The number of anilines is 5. The Morgan fingerprint density at radius 2 is 1.57 bits per heavy atom. The van der Waals surface area contributed by atoms with Gasteiger partial charge in [0, 0.05) is 35.8 Å². The molecule has 30 heavy (non-hydrogen) atoms. The van der Waals surface area contributed by atoms with Crippen molar-refractivity contribution in [1.82, 2.24) is 19.9 Å². The van der Waals surface area contributed by atoms with Crippen LogP contribution in [0.15, 0.2) is 67.0 Å². The number of hydrogen-bond donors (Lipinski definition) is 4. The number of nitrogen functional groups attached to an aromatic ring is 3. The first-order valence-corrected chi connectivity index (χ1v) is 8.68. The van der Waals surface area contributed by atoms with Crippen LogP contribution in [0.1, 0.15) is 7.43 Å². The number of nitrogens with zero attached hydrogens (tertiary/aromatic N) is 4. The second kappa shape index (κ2) is 8.74. The van der Waals surface area contributed by atoms with E-state index < -0.39 is 0 Å². The van der Waals surface area contributed by atoms with Gasteiger partial charge in [0.05, 0.1) is 5.69 Å². The van der Waals surface area contributed by atoms with Gasteiger partial charge in [-0.3, -0.25) is 0 Å². The van der Waals surface area contributed by atoms with Gasteiger partial charge < -0.3 is 27.3 Å². The predicted octanol–water partition coefficient (Wildman–Crippen LogP) is 3.85. The molecule has 3 heterocycles. The molecule has 0 radical (unpaired) electrons. The van der Waals surface area contributed by atoms with Crippen molar-refractivity contribution in [3.05, 3.63) is 67.0 Å². The van der Waals surface area contributed by atoms with E-state index in [1.807, 2.05) is 30.3 Å². The third kappa shape index (κ3) is 4.90. The fourth-order valence-corrected chi connectivity index (χ4v) is 2.62. The lowest BCUT2D eigenvalue weighted by molar-refractivity contribution is 0.482. The maximum absolute atomic E-state index is 5.86. The number of ether oxygens (including phenoxy) is 1. The van der Waals surface area contributed by atoms with Crippen LogP contribution < -0.4 is 27.3 Å². The summed E-state index contributed by atoms with van der Waals surface area (Å²) in [5.74, 6) is 2.82. The van der Waals surface area contributed by atoms with Gasteiger partial charge in [-0.1, -0.05) is 7.43 Å². The zero-order chi connectivity index (χ0) is 20.2. The largest absolute Gasteiger partial charge is 0.457 e. The average Bonchev–Trinajstić information content (AvgIpc) is 2.70. The Morgan fingerprint density at radius 1 is 0.767 bits per heavy atom. The van der Waals surface area contributed by atoms with Gasteiger partial charge in [-0.05, 0) is 42.5 Å². The molecule has 0 bridgehead atoms. The van der Waals surface area contributed by atoms with E-state index in [1.54, 1.807) is 36.7 Å². The van der Waals surface area contributed by atoms with Crippen molar-refractivity contribution in [2.75, 3.05) is 22.5 Å². The Kier molecular flexibility index (Phi) is 5.92. The average molecular weight is 402 g/mol. The second-order valence-corrected chi connectivity index (χ2v) is 6.14. The Labute approximate surface area is 174 Å². The van der Waals surface area contributed by atoms with E-state index in [2.05, 4.69) is 25.3 Å². The molecule has 0 atom stereocenters. The summed E-state index contributed by atoms with van der Waals surface area (Å²) in [6.07, 6.45) is 3.23. The Balaban J connectivity index is 0.00000256. The molecule has 0 aliphatic carbocycles. The molecule has 0 unspecified atom stereocenters. The summed E-state index contributed by atoms with van der Waals surface area (Å²) in [4.78, 5) is 16.5. The third-order valence-corrected chi connectivity index (χ3v) is 3.94. The van der Waals surface area contributed by atoms with Gasteiger partial charge in [0.1, 0.15) is 29.0 Å². The number of benzene rings is 1. The van der Waals surface area contributed by atoms with Gasteiger partial charge in [-0.15, -0.1) is 0 Å². The SMILES string of the molecule is C.Nc1ccc(-c2cc(Nc3ccc(Oc4ccnc(N)c4)cc3)nc(N)n2)cn1. The summed E-state index contributed by atoms with van der Waals surface area (Å²) in [5, 5.41) is 3.20. The van der Waals surface area contributed by atoms with Crippen LogP contribution in [-0.2, 0) is 0 Å². The maximum atomic E-state index is 5.86. The van der Waals surface area contributed by atoms with E-state index in [0.29, 0.717) is 34.6 Å². The minimum absolute atomic E-state index is 0. The van der Waals surface area contributed by atoms with E-state index in [-0.39, 0.29) is 13.4 Å². The number of nitrogens with two attached hydrogens (primary N) is 3. The Hall–Kier alpha value is -4.40. The van der Waals surface area contributed by atoms with Crippen molar-refractivity contribution in [2.45, 2.75) is 7.43 Å². The van der Waals surface area contributed by atoms with Crippen molar-refractivity contribution in [1.29, 1.82) is 0 Å². The molecule has 9 heteroatoms. The van der Waals surface area contributed by atoms with Crippen molar-refractivity contribution in [3.8, 4) is 22.8 Å². The molecule has 3 aromatic heterocycles. The highest BCUT2D eigenvalue weighted by Crippen LogP contribution is 2.26. The van der Waals surface area contributed by atoms with E-state index in [4.69, 9.17) is 21.9 Å². The van der Waals surface area contributed by atoms with E-state index in [0.717, 1.165) is 11.3 Å². The van der Waals surface area contributed by atoms with Crippen molar-refractivity contribution >= 4 is 29.1 Å². The molecule has 0 amide bonds. The zero-order valence-corrected chi connectivity index (χ0v) is 15.3. The minimum Gasteiger partial charge on any atom is -0.457 e. The van der Waals surface area contributed by atoms with Crippen molar-refractivity contribution in [2.24, 2.45) is 0 Å². The summed E-state index contributed by atoms with van der Waals surface area (Å²) in [7, 11) is 0. The summed E-state index contributed by atoms with van der Waals surface area (Å²) in [6, 6.07) is 16.1. The molecule has 1 aromatic carbocycles. The molecule has 0 fully saturated rings. The first-order valence-electron chi connectivity index (χ1n) is 8.68. The zero-order valence-electron chi connectivity index (χ0n) is 15.3. The van der Waals surface area contributed by atoms with Crippen molar-refractivity contribution < 1.29 is 4.74 Å². The molecule has 0 saturated heterocycles. The quantitative estimate of drug-likeness (QED) is 0.390. The second-order valence-electron chi connectivity index (χ2n) is 6.14. The Morgan fingerprint density at radius 3 is 2.27 bits per heavy atom. The van der Waals surface area contributed by atoms with Gasteiger partial charge in [-0.2, -0.15) is 4.98 Å². The standard InChI is InChI=1S/C20H18N8O.CH4/c21-17-6-1-12(11-25-17)16-10-19(28-20(23)27-16)26-13-2-4-14(5-3-13)29-15-7-8-24-18(22)9-15;/h1-11H,(H2,21,25)(H2,22,24)(H3,23,26,27,28);1H4. The highest BCUT2D eigenvalue weighted by Gasteiger charge is 2.07. The molecular formula is C21H22N8O. The van der Waals surface area contributed by atoms with Gasteiger partial charge in [0.15, 0.2) is 0 Å². The van der Waals surface area contributed by atoms with E-state index in [9.17, 15) is 0 Å². The fraction of sp³-hybridized carbons (Fsp3) is 0.0476. The van der Waals surface area contributed by atoms with Crippen LogP contribution >= 0.6 is 0 Å². The summed E-state index contributed by atoms with van der Waals surface area (Å²) < 4.78 is 5.76. The van der Waals surface area contributed by atoms with Gasteiger partial charge >= 0.3 is 0 Å². The molecule has 0 aliphatic rings. The fourth-order valence-electron chi connectivity index (χ4n) is 2.62. The monoisotopic (exact) mass is 402 g/mol. The molecule has 0 spiro atoms. The van der Waals surface area contributed by atoms with Gasteiger partial charge in [0.2, 0.25) is 5.95 Å². The van der Waals surface area contributed by atoms with Crippen LogP contribution in [0.2, 0.25) is 0 Å². The maximum Gasteiger partial charge on any atom is 0.222 e. The number of hydrogen-bond acceptors (Lipinski definition) is 9. The van der Waals surface area contributed by atoms with Gasteiger partial charge in [0.25, 0.3) is 0 Å². The summed E-state index contributed by atoms with van der Waals surface area (Å²) in [5.41, 5.74) is 19.4. The topological polar surface area (TPSA) is 151 Å². The van der Waals surface area contributed by atoms with Crippen LogP contribution in [0, 0.1) is 0 Å². The Bertz CT molecular complexity index is 1130. The molecule has 9 nitrogen and oxygen atoms in total. The predicted molar refractivity (Wildman–Crippen MR) is 119 cm³/mol. The molecule has 4 aromatic rings. The first kappa shape index (κ1) is 20.3.